The summed E-state index contributed by atoms with van der Waals surface area (Å²) >= 11 is 0. The molecule has 0 bridgehead atoms. The molecule has 2 aromatic heterocycles. The molecule has 7 nitrogen and oxygen atoms in total. The van der Waals surface area contributed by atoms with Crippen molar-refractivity contribution in [2.75, 3.05) is 7.11 Å². The molecule has 0 aliphatic carbocycles. The molecule has 4 aromatic rings. The minimum absolute atomic E-state index is 0.0664. The Kier molecular flexibility index (Phi) is 7.05. The summed E-state index contributed by atoms with van der Waals surface area (Å²) in [5.74, 6) is 0.630. The fraction of sp³-hybridized carbons (Fsp3) is 0.321. The van der Waals surface area contributed by atoms with Gasteiger partial charge in [0, 0.05) is 36.0 Å². The van der Waals surface area contributed by atoms with Crippen molar-refractivity contribution >= 4 is 16.9 Å². The average Bonchev–Trinajstić information content (AvgIpc) is 3.20. The first-order valence-corrected chi connectivity index (χ1v) is 11.9. The highest BCUT2D eigenvalue weighted by atomic mass is 16.5. The van der Waals surface area contributed by atoms with Crippen LogP contribution in [0.2, 0.25) is 0 Å². The second kappa shape index (κ2) is 10.2. The molecule has 0 radical (unpaired) electrons. The maximum atomic E-state index is 13.5. The quantitative estimate of drug-likeness (QED) is 0.413. The van der Waals surface area contributed by atoms with Gasteiger partial charge in [-0.05, 0) is 57.9 Å². The highest BCUT2D eigenvalue weighted by Crippen LogP contribution is 2.26. The average molecular weight is 473 g/mol. The van der Waals surface area contributed by atoms with Crippen molar-refractivity contribution in [1.82, 2.24) is 19.7 Å². The molecule has 1 N–H and O–H groups in total. The van der Waals surface area contributed by atoms with Crippen LogP contribution in [-0.2, 0) is 24.3 Å². The number of amides is 1. The van der Waals surface area contributed by atoms with E-state index in [2.05, 4.69) is 5.32 Å². The van der Waals surface area contributed by atoms with Crippen molar-refractivity contribution in [2.24, 2.45) is 0 Å². The number of para-hydroxylation sites is 1. The Morgan fingerprint density at radius 3 is 2.46 bits per heavy atom. The van der Waals surface area contributed by atoms with Gasteiger partial charge in [0.05, 0.1) is 18.5 Å². The molecule has 0 aliphatic heterocycles. The van der Waals surface area contributed by atoms with E-state index in [1.165, 1.54) is 0 Å². The van der Waals surface area contributed by atoms with Gasteiger partial charge in [0.15, 0.2) is 0 Å². The molecule has 35 heavy (non-hydrogen) atoms. The van der Waals surface area contributed by atoms with Crippen LogP contribution in [0.25, 0.3) is 16.7 Å². The number of rotatable bonds is 8. The largest absolute Gasteiger partial charge is 0.496 e. The van der Waals surface area contributed by atoms with Gasteiger partial charge in [0.2, 0.25) is 5.91 Å². The smallest absolute Gasteiger partial charge is 0.255 e. The molecule has 0 atom stereocenters. The maximum Gasteiger partial charge on any atom is 0.255 e. The predicted octanol–water partition coefficient (Wildman–Crippen LogP) is 4.39. The SMILES string of the molecule is CCn1c(=O)c(CCC(=O)NCc2ccccc2OC)c(C)c2c(C)nn(-c3ccc(C)cc3)c21. The van der Waals surface area contributed by atoms with Crippen LogP contribution in [-0.4, -0.2) is 27.4 Å². The molecule has 0 aliphatic rings. The number of aromatic nitrogens is 3. The summed E-state index contributed by atoms with van der Waals surface area (Å²) in [7, 11) is 1.61. The van der Waals surface area contributed by atoms with E-state index in [9.17, 15) is 9.59 Å². The zero-order valence-corrected chi connectivity index (χ0v) is 21.0. The Hall–Kier alpha value is -3.87. The van der Waals surface area contributed by atoms with Crippen molar-refractivity contribution in [3.8, 4) is 11.4 Å². The van der Waals surface area contributed by atoms with Crippen molar-refractivity contribution in [2.45, 2.75) is 53.6 Å². The lowest BCUT2D eigenvalue weighted by molar-refractivity contribution is -0.121. The maximum absolute atomic E-state index is 13.5. The van der Waals surface area contributed by atoms with E-state index < -0.39 is 0 Å². The van der Waals surface area contributed by atoms with E-state index >= 15 is 0 Å². The van der Waals surface area contributed by atoms with E-state index in [-0.39, 0.29) is 17.9 Å². The molecule has 0 fully saturated rings. The van der Waals surface area contributed by atoms with Crippen molar-refractivity contribution < 1.29 is 9.53 Å². The molecule has 182 valence electrons. The molecule has 1 amide bonds. The van der Waals surface area contributed by atoms with E-state index in [1.807, 2.05) is 80.9 Å². The van der Waals surface area contributed by atoms with Gasteiger partial charge in [-0.25, -0.2) is 4.68 Å². The lowest BCUT2D eigenvalue weighted by Crippen LogP contribution is -2.28. The van der Waals surface area contributed by atoms with Crippen LogP contribution in [0.4, 0.5) is 0 Å². The van der Waals surface area contributed by atoms with Crippen LogP contribution in [0.5, 0.6) is 5.75 Å². The predicted molar refractivity (Wildman–Crippen MR) is 138 cm³/mol. The van der Waals surface area contributed by atoms with Gasteiger partial charge in [0.1, 0.15) is 11.4 Å². The fourth-order valence-electron chi connectivity index (χ4n) is 4.60. The van der Waals surface area contributed by atoms with Crippen molar-refractivity contribution in [3.05, 3.63) is 86.8 Å². The minimum Gasteiger partial charge on any atom is -0.496 e. The summed E-state index contributed by atoms with van der Waals surface area (Å²) in [6, 6.07) is 15.7. The Morgan fingerprint density at radius 1 is 1.06 bits per heavy atom. The summed E-state index contributed by atoms with van der Waals surface area (Å²) < 4.78 is 8.97. The summed E-state index contributed by atoms with van der Waals surface area (Å²) in [6.45, 7) is 8.82. The highest BCUT2D eigenvalue weighted by molar-refractivity contribution is 5.85. The lowest BCUT2D eigenvalue weighted by atomic mass is 10.0. The summed E-state index contributed by atoms with van der Waals surface area (Å²) in [6.07, 6.45) is 0.596. The third kappa shape index (κ3) is 4.71. The summed E-state index contributed by atoms with van der Waals surface area (Å²) in [4.78, 5) is 26.2. The lowest BCUT2D eigenvalue weighted by Gasteiger charge is -2.15. The number of fused-ring (bicyclic) bond motifs is 1. The number of hydrogen-bond donors (Lipinski definition) is 1. The van der Waals surface area contributed by atoms with E-state index in [0.29, 0.717) is 25.1 Å². The number of pyridine rings is 1. The third-order valence-electron chi connectivity index (χ3n) is 6.49. The van der Waals surface area contributed by atoms with Crippen LogP contribution < -0.4 is 15.6 Å². The first-order valence-electron chi connectivity index (χ1n) is 11.9. The van der Waals surface area contributed by atoms with Gasteiger partial charge in [-0.3, -0.25) is 14.2 Å². The van der Waals surface area contributed by atoms with Crippen LogP contribution >= 0.6 is 0 Å². The van der Waals surface area contributed by atoms with Crippen LogP contribution in [0.15, 0.2) is 53.3 Å². The molecular formula is C28H32N4O3. The molecule has 0 unspecified atom stereocenters. The topological polar surface area (TPSA) is 78.2 Å². The molecule has 2 heterocycles. The van der Waals surface area contributed by atoms with Gasteiger partial charge < -0.3 is 10.1 Å². The van der Waals surface area contributed by atoms with Crippen molar-refractivity contribution in [1.29, 1.82) is 0 Å². The Morgan fingerprint density at radius 2 is 1.77 bits per heavy atom. The molecule has 2 aromatic carbocycles. The number of hydrogen-bond acceptors (Lipinski definition) is 4. The number of benzene rings is 2. The number of nitrogens with zero attached hydrogens (tertiary/aromatic N) is 3. The van der Waals surface area contributed by atoms with Gasteiger partial charge in [0.25, 0.3) is 5.56 Å². The molecule has 0 saturated carbocycles. The van der Waals surface area contributed by atoms with Gasteiger partial charge in [-0.2, -0.15) is 5.10 Å². The Labute approximate surface area is 205 Å². The second-order valence-electron chi connectivity index (χ2n) is 8.77. The number of nitrogens with one attached hydrogen (secondary N) is 1. The zero-order chi connectivity index (χ0) is 25.1. The van der Waals surface area contributed by atoms with Crippen LogP contribution in [0.1, 0.15) is 41.3 Å². The van der Waals surface area contributed by atoms with Gasteiger partial charge in [-0.1, -0.05) is 35.9 Å². The van der Waals surface area contributed by atoms with Crippen LogP contribution in [0.3, 0.4) is 0 Å². The number of ether oxygens (including phenoxy) is 1. The van der Waals surface area contributed by atoms with Crippen molar-refractivity contribution in [3.63, 3.8) is 0 Å². The Bertz CT molecular complexity index is 1430. The number of aryl methyl sites for hydroxylation is 4. The second-order valence-corrected chi connectivity index (χ2v) is 8.77. The number of carbonyl (C=O) groups is 1. The first-order chi connectivity index (χ1) is 16.8. The van der Waals surface area contributed by atoms with Gasteiger partial charge >= 0.3 is 0 Å². The van der Waals surface area contributed by atoms with E-state index in [0.717, 1.165) is 44.9 Å². The summed E-state index contributed by atoms with van der Waals surface area (Å²) in [5, 5.41) is 8.70. The van der Waals surface area contributed by atoms with Gasteiger partial charge in [-0.15, -0.1) is 0 Å². The fourth-order valence-corrected chi connectivity index (χ4v) is 4.60. The molecule has 4 rings (SSSR count). The number of methoxy groups -OCH3 is 1. The number of carbonyl (C=O) groups excluding carboxylic acids is 1. The molecule has 0 spiro atoms. The first kappa shape index (κ1) is 24.3. The third-order valence-corrected chi connectivity index (χ3v) is 6.49. The highest BCUT2D eigenvalue weighted by Gasteiger charge is 2.21. The molecule has 7 heteroatoms. The standard InChI is InChI=1S/C28H32N4O3/c1-6-31-27-26(20(4)30-32(27)22-13-11-18(2)12-14-22)19(3)23(28(31)34)15-16-25(33)29-17-21-9-7-8-10-24(21)35-5/h7-14H,6,15-17H2,1-5H3,(H,29,33). The summed E-state index contributed by atoms with van der Waals surface area (Å²) in [5.41, 5.74) is 6.14. The van der Waals surface area contributed by atoms with E-state index in [4.69, 9.17) is 9.84 Å². The zero-order valence-electron chi connectivity index (χ0n) is 21.0. The monoisotopic (exact) mass is 472 g/mol. The normalized spacial score (nSPS) is 11.1. The minimum atomic E-state index is -0.107. The van der Waals surface area contributed by atoms with E-state index in [1.54, 1.807) is 11.7 Å². The van der Waals surface area contributed by atoms with Crippen LogP contribution in [0, 0.1) is 20.8 Å². The Balaban J connectivity index is 1.62. The molecular weight excluding hydrogens is 440 g/mol. The molecule has 0 saturated heterocycles.